The first-order valence-corrected chi connectivity index (χ1v) is 12.6. The van der Waals surface area contributed by atoms with E-state index >= 15 is 0 Å². The molecule has 0 saturated carbocycles. The van der Waals surface area contributed by atoms with Gasteiger partial charge in [-0.3, -0.25) is 9.59 Å². The Morgan fingerprint density at radius 3 is 2.45 bits per heavy atom. The number of fused-ring (bicyclic) bond motifs is 1. The smallest absolute Gasteiger partial charge is 0.239 e. The van der Waals surface area contributed by atoms with Gasteiger partial charge in [0.1, 0.15) is 0 Å². The van der Waals surface area contributed by atoms with Crippen LogP contribution in [0.5, 0.6) is 11.5 Å². The molecule has 2 aromatic rings. The molecule has 204 valence electrons. The van der Waals surface area contributed by atoms with E-state index in [0.717, 1.165) is 22.6 Å². The van der Waals surface area contributed by atoms with E-state index in [9.17, 15) is 9.59 Å². The number of rotatable bonds is 9. The predicted molar refractivity (Wildman–Crippen MR) is 146 cm³/mol. The molecule has 9 heteroatoms. The third kappa shape index (κ3) is 5.63. The van der Waals surface area contributed by atoms with Gasteiger partial charge in [0, 0.05) is 31.9 Å². The lowest BCUT2D eigenvalue weighted by Crippen LogP contribution is -2.44. The second-order valence-electron chi connectivity index (χ2n) is 10.3. The van der Waals surface area contributed by atoms with Gasteiger partial charge in [0.05, 0.1) is 44.7 Å². The molecule has 1 atom stereocenters. The predicted octanol–water partition coefficient (Wildman–Crippen LogP) is 4.06. The second kappa shape index (κ2) is 11.4. The number of nitrogens with one attached hydrogen (secondary N) is 2. The summed E-state index contributed by atoms with van der Waals surface area (Å²) in [7, 11) is 6.21. The van der Waals surface area contributed by atoms with Crippen molar-refractivity contribution in [3.05, 3.63) is 59.3 Å². The summed E-state index contributed by atoms with van der Waals surface area (Å²) in [5.41, 5.74) is 3.82. The molecule has 2 aliphatic rings. The Balaban J connectivity index is 1.86. The number of para-hydroxylation sites is 2. The zero-order valence-corrected chi connectivity index (χ0v) is 22.9. The monoisotopic (exact) mass is 523 g/mol. The Labute approximate surface area is 224 Å². The van der Waals surface area contributed by atoms with Crippen LogP contribution in [0.1, 0.15) is 38.3 Å². The molecule has 0 aromatic heterocycles. The largest absolute Gasteiger partial charge is 0.493 e. The van der Waals surface area contributed by atoms with Crippen LogP contribution >= 0.6 is 0 Å². The molecule has 1 heterocycles. The van der Waals surface area contributed by atoms with E-state index in [1.165, 1.54) is 14.2 Å². The SMILES string of the molecule is COc1ccc(C2C3=C(CC(C)(C)CC3=O)Nc3ccccc3N2CC(=O)NCC(OC)OC)cc1OC. The Hall–Kier alpha value is -3.56. The fraction of sp³-hybridized carbons (Fsp3) is 0.448. The number of benzene rings is 2. The number of carbonyl (C=O) groups is 2. The third-order valence-corrected chi connectivity index (χ3v) is 7.03. The summed E-state index contributed by atoms with van der Waals surface area (Å²) in [6.07, 6.45) is 0.558. The standard InChI is InChI=1S/C29H37N3O6/c1-29(2)14-20-27(22(33)15-29)28(18-11-12-23(35-3)24(13-18)36-4)32(21-10-8-7-9-19(21)31-20)17-25(34)30-16-26(37-5)38-6/h7-13,26,28,31H,14-17H2,1-6H3,(H,30,34). The van der Waals surface area contributed by atoms with E-state index < -0.39 is 12.3 Å². The minimum atomic E-state index is -0.560. The van der Waals surface area contributed by atoms with Gasteiger partial charge in [0.2, 0.25) is 5.91 Å². The van der Waals surface area contributed by atoms with Crippen molar-refractivity contribution in [2.45, 2.75) is 39.0 Å². The highest BCUT2D eigenvalue weighted by Gasteiger charge is 2.42. The molecule has 0 bridgehead atoms. The van der Waals surface area contributed by atoms with Crippen molar-refractivity contribution >= 4 is 23.1 Å². The quantitative estimate of drug-likeness (QED) is 0.475. The van der Waals surface area contributed by atoms with E-state index in [1.54, 1.807) is 14.2 Å². The van der Waals surface area contributed by atoms with Gasteiger partial charge in [-0.2, -0.15) is 0 Å². The average molecular weight is 524 g/mol. The number of hydrogen-bond acceptors (Lipinski definition) is 8. The molecule has 0 spiro atoms. The molecule has 2 N–H and O–H groups in total. The van der Waals surface area contributed by atoms with Crippen LogP contribution in [0.3, 0.4) is 0 Å². The van der Waals surface area contributed by atoms with E-state index in [4.69, 9.17) is 18.9 Å². The summed E-state index contributed by atoms with van der Waals surface area (Å²) in [5, 5.41) is 6.46. The number of ketones is 1. The van der Waals surface area contributed by atoms with Crippen molar-refractivity contribution < 1.29 is 28.5 Å². The molecule has 0 radical (unpaired) electrons. The Bertz CT molecular complexity index is 1220. The first kappa shape index (κ1) is 27.5. The average Bonchev–Trinajstić information content (AvgIpc) is 3.02. The van der Waals surface area contributed by atoms with Gasteiger partial charge in [0.25, 0.3) is 0 Å². The molecule has 38 heavy (non-hydrogen) atoms. The highest BCUT2D eigenvalue weighted by molar-refractivity contribution is 6.02. The number of allylic oxidation sites excluding steroid dienone is 1. The first-order chi connectivity index (χ1) is 18.2. The van der Waals surface area contributed by atoms with Crippen LogP contribution in [0.25, 0.3) is 0 Å². The van der Waals surface area contributed by atoms with Gasteiger partial charge in [-0.25, -0.2) is 0 Å². The van der Waals surface area contributed by atoms with Gasteiger partial charge in [-0.05, 0) is 41.7 Å². The number of nitrogens with zero attached hydrogens (tertiary/aromatic N) is 1. The van der Waals surface area contributed by atoms with Gasteiger partial charge >= 0.3 is 0 Å². The maximum Gasteiger partial charge on any atom is 0.239 e. The summed E-state index contributed by atoms with van der Waals surface area (Å²) < 4.78 is 21.5. The minimum Gasteiger partial charge on any atom is -0.493 e. The molecule has 0 saturated heterocycles. The van der Waals surface area contributed by atoms with Crippen LogP contribution in [-0.4, -0.2) is 59.5 Å². The highest BCUT2D eigenvalue weighted by Crippen LogP contribution is 2.48. The fourth-order valence-corrected chi connectivity index (χ4v) is 5.27. The third-order valence-electron chi connectivity index (χ3n) is 7.03. The van der Waals surface area contributed by atoms with E-state index in [1.807, 2.05) is 47.4 Å². The normalized spacial score (nSPS) is 18.3. The molecule has 4 rings (SSSR count). The number of methoxy groups -OCH3 is 4. The molecule has 9 nitrogen and oxygen atoms in total. The highest BCUT2D eigenvalue weighted by atomic mass is 16.7. The van der Waals surface area contributed by atoms with Gasteiger partial charge in [-0.1, -0.05) is 32.0 Å². The van der Waals surface area contributed by atoms with Gasteiger partial charge < -0.3 is 34.5 Å². The van der Waals surface area contributed by atoms with Crippen molar-refractivity contribution in [3.63, 3.8) is 0 Å². The van der Waals surface area contributed by atoms with Gasteiger partial charge in [-0.15, -0.1) is 0 Å². The number of anilines is 2. The topological polar surface area (TPSA) is 98.4 Å². The van der Waals surface area contributed by atoms with Crippen LogP contribution in [0.2, 0.25) is 0 Å². The zero-order valence-electron chi connectivity index (χ0n) is 22.9. The molecule has 1 aliphatic heterocycles. The molecule has 1 amide bonds. The molecular weight excluding hydrogens is 486 g/mol. The van der Waals surface area contributed by atoms with E-state index in [2.05, 4.69) is 24.5 Å². The Morgan fingerprint density at radius 2 is 1.76 bits per heavy atom. The van der Waals surface area contributed by atoms with Crippen LogP contribution < -0.4 is 25.0 Å². The van der Waals surface area contributed by atoms with E-state index in [0.29, 0.717) is 29.9 Å². The van der Waals surface area contributed by atoms with Crippen LogP contribution in [0, 0.1) is 5.41 Å². The summed E-state index contributed by atoms with van der Waals surface area (Å²) in [5.74, 6) is 0.967. The summed E-state index contributed by atoms with van der Waals surface area (Å²) in [4.78, 5) is 29.1. The minimum absolute atomic E-state index is 0.00526. The summed E-state index contributed by atoms with van der Waals surface area (Å²) in [6, 6.07) is 12.9. The van der Waals surface area contributed by atoms with Crippen molar-refractivity contribution in [1.29, 1.82) is 0 Å². The van der Waals surface area contributed by atoms with Crippen molar-refractivity contribution in [3.8, 4) is 11.5 Å². The summed E-state index contributed by atoms with van der Waals surface area (Å²) >= 11 is 0. The van der Waals surface area contributed by atoms with Crippen LogP contribution in [0.4, 0.5) is 11.4 Å². The number of carbonyl (C=O) groups excluding carboxylic acids is 2. The lowest BCUT2D eigenvalue weighted by Gasteiger charge is -2.38. The summed E-state index contributed by atoms with van der Waals surface area (Å²) in [6.45, 7) is 4.41. The maximum atomic E-state index is 13.8. The zero-order chi connectivity index (χ0) is 27.4. The lowest BCUT2D eigenvalue weighted by molar-refractivity contribution is -0.126. The van der Waals surface area contributed by atoms with Crippen molar-refractivity contribution in [2.24, 2.45) is 5.41 Å². The first-order valence-electron chi connectivity index (χ1n) is 12.6. The number of amides is 1. The fourth-order valence-electron chi connectivity index (χ4n) is 5.27. The number of ether oxygens (including phenoxy) is 4. The molecule has 1 unspecified atom stereocenters. The Morgan fingerprint density at radius 1 is 1.05 bits per heavy atom. The van der Waals surface area contributed by atoms with Crippen LogP contribution in [-0.2, 0) is 19.1 Å². The Kier molecular flexibility index (Phi) is 8.28. The molecule has 2 aromatic carbocycles. The van der Waals surface area contributed by atoms with Gasteiger partial charge in [0.15, 0.2) is 23.6 Å². The molecule has 1 aliphatic carbocycles. The maximum absolute atomic E-state index is 13.8. The molecular formula is C29H37N3O6. The van der Waals surface area contributed by atoms with Crippen molar-refractivity contribution in [2.75, 3.05) is 51.7 Å². The van der Waals surface area contributed by atoms with E-state index in [-0.39, 0.29) is 30.2 Å². The van der Waals surface area contributed by atoms with Crippen molar-refractivity contribution in [1.82, 2.24) is 5.32 Å². The number of Topliss-reactive ketones (excluding diaryl/α,β-unsaturated/α-hetero) is 1. The van der Waals surface area contributed by atoms with Crippen LogP contribution in [0.15, 0.2) is 53.7 Å². The second-order valence-corrected chi connectivity index (χ2v) is 10.3. The molecule has 0 fully saturated rings. The lowest BCUT2D eigenvalue weighted by atomic mass is 9.73. The number of hydrogen-bond donors (Lipinski definition) is 2.